The average Bonchev–Trinajstić information content (AvgIpc) is 3.40. The molecular weight excluding hydrogens is 431 g/mol. The zero-order valence-electron chi connectivity index (χ0n) is 16.7. The number of thioether (sulfide) groups is 1. The van der Waals surface area contributed by atoms with E-state index in [9.17, 15) is 22.8 Å². The quantitative estimate of drug-likeness (QED) is 0.534. The molecule has 6 nitrogen and oxygen atoms in total. The molecule has 1 aliphatic heterocycles. The molecule has 1 aromatic heterocycles. The summed E-state index contributed by atoms with van der Waals surface area (Å²) in [5.74, 6) is -0.364. The summed E-state index contributed by atoms with van der Waals surface area (Å²) in [7, 11) is 0. The molecule has 1 aromatic carbocycles. The molecule has 1 saturated heterocycles. The van der Waals surface area contributed by atoms with E-state index < -0.39 is 11.7 Å². The minimum atomic E-state index is -4.42. The first kappa shape index (κ1) is 21.9. The summed E-state index contributed by atoms with van der Waals surface area (Å²) in [6, 6.07) is 4.27. The van der Waals surface area contributed by atoms with Crippen molar-refractivity contribution in [2.45, 2.75) is 56.0 Å². The number of halogens is 3. The van der Waals surface area contributed by atoms with Crippen molar-refractivity contribution in [3.8, 4) is 0 Å². The maximum absolute atomic E-state index is 12.6. The number of rotatable bonds is 6. The van der Waals surface area contributed by atoms with Gasteiger partial charge < -0.3 is 10.1 Å². The summed E-state index contributed by atoms with van der Waals surface area (Å²) in [5, 5.41) is 3.14. The van der Waals surface area contributed by atoms with E-state index in [2.05, 4.69) is 10.3 Å². The molecule has 0 bridgehead atoms. The van der Waals surface area contributed by atoms with Crippen molar-refractivity contribution >= 4 is 23.4 Å². The van der Waals surface area contributed by atoms with Gasteiger partial charge in [-0.25, -0.2) is 4.79 Å². The highest BCUT2D eigenvalue weighted by atomic mass is 32.2. The van der Waals surface area contributed by atoms with Gasteiger partial charge in [0, 0.05) is 23.6 Å². The van der Waals surface area contributed by atoms with Gasteiger partial charge in [0.2, 0.25) is 5.91 Å². The second-order valence-corrected chi connectivity index (χ2v) is 8.60. The van der Waals surface area contributed by atoms with Gasteiger partial charge >= 0.3 is 11.9 Å². The predicted octanol–water partition coefficient (Wildman–Crippen LogP) is 3.66. The topological polar surface area (TPSA) is 73.2 Å². The standard InChI is InChI=1S/C21H22F3N3O3S/c22-21(23,24)13-6-8-14(9-7-13)25-18(28)12-31-19-16-4-1-5-17(16)27(20(29)26-19)11-15-3-2-10-30-15/h6-9,15H,1-5,10-12H2,(H,25,28). The molecule has 2 heterocycles. The Kier molecular flexibility index (Phi) is 6.38. The Labute approximate surface area is 181 Å². The lowest BCUT2D eigenvalue weighted by Gasteiger charge is -2.17. The Morgan fingerprint density at radius 3 is 2.68 bits per heavy atom. The lowest BCUT2D eigenvalue weighted by atomic mass is 10.2. The Morgan fingerprint density at radius 2 is 2.00 bits per heavy atom. The molecule has 1 atom stereocenters. The van der Waals surface area contributed by atoms with Gasteiger partial charge in [0.1, 0.15) is 5.03 Å². The molecule has 0 saturated carbocycles. The molecule has 1 unspecified atom stereocenters. The fourth-order valence-electron chi connectivity index (χ4n) is 3.96. The van der Waals surface area contributed by atoms with Crippen LogP contribution in [0.25, 0.3) is 0 Å². The number of alkyl halides is 3. The number of anilines is 1. The maximum atomic E-state index is 12.6. The second-order valence-electron chi connectivity index (χ2n) is 7.64. The van der Waals surface area contributed by atoms with E-state index in [1.54, 1.807) is 4.57 Å². The minimum Gasteiger partial charge on any atom is -0.376 e. The first-order valence-electron chi connectivity index (χ1n) is 10.2. The number of amides is 1. The van der Waals surface area contributed by atoms with Gasteiger partial charge in [-0.2, -0.15) is 18.2 Å². The summed E-state index contributed by atoms with van der Waals surface area (Å²) in [5.41, 5.74) is 1.15. The van der Waals surface area contributed by atoms with Crippen molar-refractivity contribution in [1.82, 2.24) is 9.55 Å². The highest BCUT2D eigenvalue weighted by molar-refractivity contribution is 8.00. The summed E-state index contributed by atoms with van der Waals surface area (Å²) in [4.78, 5) is 29.1. The first-order valence-corrected chi connectivity index (χ1v) is 11.1. The number of aromatic nitrogens is 2. The Bertz CT molecular complexity index is 1020. The second kappa shape index (κ2) is 9.04. The number of carbonyl (C=O) groups excluding carboxylic acids is 1. The smallest absolute Gasteiger partial charge is 0.376 e. The molecule has 1 fully saturated rings. The number of nitrogens with zero attached hydrogens (tertiary/aromatic N) is 2. The van der Waals surface area contributed by atoms with Crippen molar-refractivity contribution in [2.75, 3.05) is 17.7 Å². The van der Waals surface area contributed by atoms with E-state index in [1.807, 2.05) is 0 Å². The van der Waals surface area contributed by atoms with Crippen LogP contribution in [-0.2, 0) is 35.1 Å². The van der Waals surface area contributed by atoms with Crippen LogP contribution in [0, 0.1) is 0 Å². The van der Waals surface area contributed by atoms with Crippen LogP contribution >= 0.6 is 11.8 Å². The fraction of sp³-hybridized carbons (Fsp3) is 0.476. The molecule has 4 rings (SSSR count). The third-order valence-corrected chi connectivity index (χ3v) is 6.46. The molecule has 1 N–H and O–H groups in total. The van der Waals surface area contributed by atoms with Gasteiger partial charge in [0.05, 0.1) is 24.0 Å². The molecule has 2 aromatic rings. The van der Waals surface area contributed by atoms with Crippen LogP contribution in [0.3, 0.4) is 0 Å². The van der Waals surface area contributed by atoms with Crippen molar-refractivity contribution < 1.29 is 22.7 Å². The SMILES string of the molecule is O=C(CSc1nc(=O)n(CC2CCCO2)c2c1CCC2)Nc1ccc(C(F)(F)F)cc1. The number of fused-ring (bicyclic) bond motifs is 1. The van der Waals surface area contributed by atoms with Gasteiger partial charge in [0.25, 0.3) is 0 Å². The Morgan fingerprint density at radius 1 is 1.23 bits per heavy atom. The highest BCUT2D eigenvalue weighted by Gasteiger charge is 2.30. The molecule has 166 valence electrons. The van der Waals surface area contributed by atoms with Crippen LogP contribution in [0.4, 0.5) is 18.9 Å². The normalized spacial score (nSPS) is 18.2. The average molecular weight is 453 g/mol. The van der Waals surface area contributed by atoms with Crippen LogP contribution in [0.15, 0.2) is 34.1 Å². The van der Waals surface area contributed by atoms with E-state index >= 15 is 0 Å². The lowest BCUT2D eigenvalue weighted by molar-refractivity contribution is -0.137. The minimum absolute atomic E-state index is 0.00958. The van der Waals surface area contributed by atoms with E-state index in [1.165, 1.54) is 23.9 Å². The van der Waals surface area contributed by atoms with Crippen molar-refractivity contribution in [1.29, 1.82) is 0 Å². The van der Waals surface area contributed by atoms with Crippen LogP contribution in [0.2, 0.25) is 0 Å². The number of benzene rings is 1. The fourth-order valence-corrected chi connectivity index (χ4v) is 4.84. The first-order chi connectivity index (χ1) is 14.8. The van der Waals surface area contributed by atoms with Crippen LogP contribution in [0.5, 0.6) is 0 Å². The number of nitrogens with one attached hydrogen (secondary N) is 1. The van der Waals surface area contributed by atoms with Gasteiger partial charge in [-0.05, 0) is 56.4 Å². The van der Waals surface area contributed by atoms with Gasteiger partial charge in [0.15, 0.2) is 0 Å². The molecule has 1 amide bonds. The Hall–Kier alpha value is -2.33. The van der Waals surface area contributed by atoms with Crippen LogP contribution in [-0.4, -0.2) is 33.9 Å². The molecule has 2 aliphatic rings. The summed E-state index contributed by atoms with van der Waals surface area (Å²) in [6.07, 6.45) is 0.0736. The van der Waals surface area contributed by atoms with E-state index in [0.29, 0.717) is 11.6 Å². The largest absolute Gasteiger partial charge is 0.416 e. The van der Waals surface area contributed by atoms with E-state index in [4.69, 9.17) is 4.74 Å². The monoisotopic (exact) mass is 453 g/mol. The van der Waals surface area contributed by atoms with Crippen LogP contribution in [0.1, 0.15) is 36.1 Å². The van der Waals surface area contributed by atoms with Crippen LogP contribution < -0.4 is 11.0 Å². The number of ether oxygens (including phenoxy) is 1. The van der Waals surface area contributed by atoms with Crippen molar-refractivity contribution in [3.05, 3.63) is 51.6 Å². The van der Waals surface area contributed by atoms with Crippen molar-refractivity contribution in [2.24, 2.45) is 0 Å². The number of hydrogen-bond donors (Lipinski definition) is 1. The number of hydrogen-bond acceptors (Lipinski definition) is 5. The van der Waals surface area contributed by atoms with Crippen molar-refractivity contribution in [3.63, 3.8) is 0 Å². The lowest BCUT2D eigenvalue weighted by Crippen LogP contribution is -2.31. The van der Waals surface area contributed by atoms with E-state index in [0.717, 1.165) is 62.1 Å². The molecule has 31 heavy (non-hydrogen) atoms. The predicted molar refractivity (Wildman–Crippen MR) is 110 cm³/mol. The Balaban J connectivity index is 1.41. The molecule has 0 radical (unpaired) electrons. The highest BCUT2D eigenvalue weighted by Crippen LogP contribution is 2.31. The molecule has 10 heteroatoms. The molecule has 0 spiro atoms. The summed E-state index contributed by atoms with van der Waals surface area (Å²) < 4.78 is 45.3. The number of carbonyl (C=O) groups is 1. The van der Waals surface area contributed by atoms with E-state index in [-0.39, 0.29) is 29.1 Å². The summed E-state index contributed by atoms with van der Waals surface area (Å²) >= 11 is 1.18. The third kappa shape index (κ3) is 5.12. The molecule has 1 aliphatic carbocycles. The zero-order valence-corrected chi connectivity index (χ0v) is 17.5. The van der Waals surface area contributed by atoms with Gasteiger partial charge in [-0.1, -0.05) is 11.8 Å². The molecular formula is C21H22F3N3O3S. The zero-order chi connectivity index (χ0) is 22.0. The third-order valence-electron chi connectivity index (χ3n) is 5.45. The van der Waals surface area contributed by atoms with Gasteiger partial charge in [-0.15, -0.1) is 0 Å². The maximum Gasteiger partial charge on any atom is 0.416 e. The summed E-state index contributed by atoms with van der Waals surface area (Å²) in [6.45, 7) is 1.23. The van der Waals surface area contributed by atoms with Gasteiger partial charge in [-0.3, -0.25) is 9.36 Å².